The lowest BCUT2D eigenvalue weighted by molar-refractivity contribution is -0.137. The van der Waals surface area contributed by atoms with Gasteiger partial charge in [-0.15, -0.1) is 12.4 Å². The summed E-state index contributed by atoms with van der Waals surface area (Å²) in [5, 5.41) is 0. The number of carbonyl (C=O) groups excluding carboxylic acids is 1. The lowest BCUT2D eigenvalue weighted by Gasteiger charge is -2.23. The van der Waals surface area contributed by atoms with Crippen molar-refractivity contribution in [1.29, 1.82) is 0 Å². The van der Waals surface area contributed by atoms with Crippen molar-refractivity contribution in [3.63, 3.8) is 0 Å². The summed E-state index contributed by atoms with van der Waals surface area (Å²) >= 11 is 0. The Bertz CT molecular complexity index is 753. The Morgan fingerprint density at radius 1 is 1.15 bits per heavy atom. The van der Waals surface area contributed by atoms with Gasteiger partial charge in [0.1, 0.15) is 11.5 Å². The van der Waals surface area contributed by atoms with Gasteiger partial charge in [0.2, 0.25) is 0 Å². The molecule has 0 aliphatic heterocycles. The number of benzene rings is 2. The van der Waals surface area contributed by atoms with E-state index in [0.29, 0.717) is 12.1 Å². The van der Waals surface area contributed by atoms with Crippen molar-refractivity contribution in [2.24, 2.45) is 5.73 Å². The predicted molar refractivity (Wildman–Crippen MR) is 95.8 cm³/mol. The largest absolute Gasteiger partial charge is 0.457 e. The molecule has 0 fully saturated rings. The van der Waals surface area contributed by atoms with Gasteiger partial charge in [-0.05, 0) is 43.3 Å². The average molecular weight is 389 g/mol. The van der Waals surface area contributed by atoms with Crippen molar-refractivity contribution in [2.45, 2.75) is 19.1 Å². The first kappa shape index (κ1) is 21.8. The van der Waals surface area contributed by atoms with Crippen LogP contribution in [0.4, 0.5) is 13.2 Å². The van der Waals surface area contributed by atoms with Crippen LogP contribution in [-0.2, 0) is 6.18 Å². The first-order valence-corrected chi connectivity index (χ1v) is 7.64. The molecule has 0 spiro atoms. The molecule has 2 aromatic rings. The van der Waals surface area contributed by atoms with Crippen LogP contribution >= 0.6 is 12.4 Å². The van der Waals surface area contributed by atoms with Crippen LogP contribution in [-0.4, -0.2) is 30.4 Å². The van der Waals surface area contributed by atoms with E-state index < -0.39 is 11.7 Å². The Morgan fingerprint density at radius 2 is 1.73 bits per heavy atom. The molecule has 0 bridgehead atoms. The Kier molecular flexibility index (Phi) is 7.47. The maximum atomic E-state index is 12.8. The lowest BCUT2D eigenvalue weighted by Crippen LogP contribution is -2.39. The Balaban J connectivity index is 0.00000338. The normalized spacial score (nSPS) is 12.1. The average Bonchev–Trinajstić information content (AvgIpc) is 2.59. The van der Waals surface area contributed by atoms with Crippen molar-refractivity contribution in [2.75, 3.05) is 13.6 Å². The SMILES string of the molecule is CC(CN)N(C)C(=O)c1cccc(Oc2cccc(C(F)(F)F)c2)c1.Cl. The van der Waals surface area contributed by atoms with Crippen LogP contribution in [0, 0.1) is 0 Å². The van der Waals surface area contributed by atoms with Crippen LogP contribution in [0.3, 0.4) is 0 Å². The molecule has 0 saturated carbocycles. The van der Waals surface area contributed by atoms with E-state index in [-0.39, 0.29) is 35.9 Å². The van der Waals surface area contributed by atoms with E-state index in [1.54, 1.807) is 25.2 Å². The summed E-state index contributed by atoms with van der Waals surface area (Å²) in [6.07, 6.45) is -4.45. The van der Waals surface area contributed by atoms with Crippen molar-refractivity contribution in [3.05, 3.63) is 59.7 Å². The second-order valence-corrected chi connectivity index (χ2v) is 5.66. The molecule has 1 unspecified atom stereocenters. The number of halogens is 4. The molecule has 0 heterocycles. The van der Waals surface area contributed by atoms with Gasteiger partial charge in [0.25, 0.3) is 5.91 Å². The summed E-state index contributed by atoms with van der Waals surface area (Å²) in [7, 11) is 1.64. The van der Waals surface area contributed by atoms with Crippen LogP contribution in [0.15, 0.2) is 48.5 Å². The minimum Gasteiger partial charge on any atom is -0.457 e. The van der Waals surface area contributed by atoms with Gasteiger partial charge in [0.15, 0.2) is 0 Å². The molecule has 0 aromatic heterocycles. The third-order valence-corrected chi connectivity index (χ3v) is 3.80. The number of ether oxygens (including phenoxy) is 1. The third kappa shape index (κ3) is 5.37. The van der Waals surface area contributed by atoms with Crippen LogP contribution in [0.25, 0.3) is 0 Å². The number of alkyl halides is 3. The lowest BCUT2D eigenvalue weighted by atomic mass is 10.1. The Morgan fingerprint density at radius 3 is 2.31 bits per heavy atom. The minimum absolute atomic E-state index is 0. The number of carbonyl (C=O) groups is 1. The summed E-state index contributed by atoms with van der Waals surface area (Å²) in [6, 6.07) is 10.7. The fraction of sp³-hybridized carbons (Fsp3) is 0.278. The predicted octanol–water partition coefficient (Wildman–Crippen LogP) is 4.34. The number of nitrogens with two attached hydrogens (primary N) is 1. The van der Waals surface area contributed by atoms with Gasteiger partial charge in [-0.1, -0.05) is 12.1 Å². The van der Waals surface area contributed by atoms with Gasteiger partial charge in [-0.25, -0.2) is 0 Å². The van der Waals surface area contributed by atoms with Crippen LogP contribution in [0.1, 0.15) is 22.8 Å². The first-order valence-electron chi connectivity index (χ1n) is 7.64. The highest BCUT2D eigenvalue weighted by Crippen LogP contribution is 2.32. The van der Waals surface area contributed by atoms with Gasteiger partial charge < -0.3 is 15.4 Å². The van der Waals surface area contributed by atoms with E-state index in [1.165, 1.54) is 23.1 Å². The summed E-state index contributed by atoms with van der Waals surface area (Å²) < 4.78 is 43.8. The molecule has 0 radical (unpaired) electrons. The first-order chi connectivity index (χ1) is 11.7. The second kappa shape index (κ2) is 8.91. The Labute approximate surface area is 156 Å². The van der Waals surface area contributed by atoms with E-state index in [0.717, 1.165) is 12.1 Å². The molecule has 0 aliphatic rings. The molecule has 1 atom stereocenters. The van der Waals surface area contributed by atoms with E-state index in [1.807, 2.05) is 6.92 Å². The minimum atomic E-state index is -4.45. The number of amides is 1. The van der Waals surface area contributed by atoms with Gasteiger partial charge in [0.05, 0.1) is 5.56 Å². The van der Waals surface area contributed by atoms with Gasteiger partial charge in [-0.3, -0.25) is 4.79 Å². The van der Waals surface area contributed by atoms with E-state index >= 15 is 0 Å². The maximum absolute atomic E-state index is 12.8. The van der Waals surface area contributed by atoms with Crippen molar-refractivity contribution < 1.29 is 22.7 Å². The summed E-state index contributed by atoms with van der Waals surface area (Å²) in [6.45, 7) is 2.14. The maximum Gasteiger partial charge on any atom is 0.416 e. The standard InChI is InChI=1S/C18H19F3N2O2.ClH/c1-12(11-22)23(2)17(24)13-5-3-7-15(9-13)25-16-8-4-6-14(10-16)18(19,20)21;/h3-10,12H,11,22H2,1-2H3;1H. The van der Waals surface area contributed by atoms with E-state index in [2.05, 4.69) is 0 Å². The quantitative estimate of drug-likeness (QED) is 0.829. The zero-order valence-corrected chi connectivity index (χ0v) is 15.1. The summed E-state index contributed by atoms with van der Waals surface area (Å²) in [5.41, 5.74) is 5.13. The number of nitrogens with zero attached hydrogens (tertiary/aromatic N) is 1. The second-order valence-electron chi connectivity index (χ2n) is 5.66. The fourth-order valence-electron chi connectivity index (χ4n) is 2.13. The highest BCUT2D eigenvalue weighted by atomic mass is 35.5. The fourth-order valence-corrected chi connectivity index (χ4v) is 2.13. The van der Waals surface area contributed by atoms with Crippen LogP contribution < -0.4 is 10.5 Å². The van der Waals surface area contributed by atoms with Gasteiger partial charge in [0, 0.05) is 25.2 Å². The van der Waals surface area contributed by atoms with Gasteiger partial charge >= 0.3 is 6.18 Å². The van der Waals surface area contributed by atoms with Crippen LogP contribution in [0.5, 0.6) is 11.5 Å². The molecule has 2 N–H and O–H groups in total. The third-order valence-electron chi connectivity index (χ3n) is 3.80. The molecular formula is C18H20ClF3N2O2. The molecule has 4 nitrogen and oxygen atoms in total. The highest BCUT2D eigenvalue weighted by Gasteiger charge is 2.30. The number of rotatable bonds is 5. The highest BCUT2D eigenvalue weighted by molar-refractivity contribution is 5.94. The van der Waals surface area contributed by atoms with Gasteiger partial charge in [-0.2, -0.15) is 13.2 Å². The zero-order chi connectivity index (χ0) is 18.6. The molecule has 2 aromatic carbocycles. The Hall–Kier alpha value is -2.25. The molecule has 0 saturated heterocycles. The summed E-state index contributed by atoms with van der Waals surface area (Å²) in [4.78, 5) is 13.9. The number of likely N-dealkylation sites (N-methyl/N-ethyl adjacent to an activating group) is 1. The van der Waals surface area contributed by atoms with Crippen molar-refractivity contribution in [1.82, 2.24) is 4.90 Å². The molecule has 142 valence electrons. The molecule has 26 heavy (non-hydrogen) atoms. The van der Waals surface area contributed by atoms with E-state index in [9.17, 15) is 18.0 Å². The number of hydrogen-bond donors (Lipinski definition) is 1. The van der Waals surface area contributed by atoms with E-state index in [4.69, 9.17) is 10.5 Å². The molecule has 2 rings (SSSR count). The van der Waals surface area contributed by atoms with Crippen LogP contribution in [0.2, 0.25) is 0 Å². The molecule has 1 amide bonds. The van der Waals surface area contributed by atoms with Crippen molar-refractivity contribution in [3.8, 4) is 11.5 Å². The molecule has 0 aliphatic carbocycles. The summed E-state index contributed by atoms with van der Waals surface area (Å²) in [5.74, 6) is 0.0783. The molecular weight excluding hydrogens is 369 g/mol. The topological polar surface area (TPSA) is 55.6 Å². The monoisotopic (exact) mass is 388 g/mol. The zero-order valence-electron chi connectivity index (χ0n) is 14.3. The van der Waals surface area contributed by atoms with Crippen molar-refractivity contribution >= 4 is 18.3 Å². The smallest absolute Gasteiger partial charge is 0.416 e. The number of hydrogen-bond acceptors (Lipinski definition) is 3. The molecule has 8 heteroatoms.